The SMILES string of the molecule is O=C1c2ccccc2CCCC1Cc1ccc(O)cc1. The van der Waals surface area contributed by atoms with E-state index >= 15 is 0 Å². The Hall–Kier alpha value is -2.09. The third kappa shape index (κ3) is 2.60. The second kappa shape index (κ2) is 5.49. The predicted molar refractivity (Wildman–Crippen MR) is 79.0 cm³/mol. The van der Waals surface area contributed by atoms with E-state index in [1.54, 1.807) is 12.1 Å². The number of carbonyl (C=O) groups is 1. The Morgan fingerprint density at radius 1 is 1.05 bits per heavy atom. The van der Waals surface area contributed by atoms with Crippen molar-refractivity contribution in [2.45, 2.75) is 25.7 Å². The zero-order valence-electron chi connectivity index (χ0n) is 11.4. The lowest BCUT2D eigenvalue weighted by Gasteiger charge is -2.13. The molecule has 0 aliphatic heterocycles. The van der Waals surface area contributed by atoms with Crippen LogP contribution in [-0.2, 0) is 12.8 Å². The molecule has 0 aromatic heterocycles. The summed E-state index contributed by atoms with van der Waals surface area (Å²) in [4.78, 5) is 12.7. The molecule has 0 heterocycles. The molecule has 0 spiro atoms. The minimum atomic E-state index is 0.0585. The average molecular weight is 266 g/mol. The van der Waals surface area contributed by atoms with Gasteiger partial charge in [-0.15, -0.1) is 0 Å². The zero-order chi connectivity index (χ0) is 13.9. The quantitative estimate of drug-likeness (QED) is 0.840. The van der Waals surface area contributed by atoms with Crippen molar-refractivity contribution in [3.63, 3.8) is 0 Å². The number of carbonyl (C=O) groups excluding carboxylic acids is 1. The largest absolute Gasteiger partial charge is 0.508 e. The van der Waals surface area contributed by atoms with E-state index in [9.17, 15) is 9.90 Å². The molecular weight excluding hydrogens is 248 g/mol. The van der Waals surface area contributed by atoms with Crippen molar-refractivity contribution < 1.29 is 9.90 Å². The topological polar surface area (TPSA) is 37.3 Å². The summed E-state index contributed by atoms with van der Waals surface area (Å²) in [5, 5.41) is 9.32. The van der Waals surface area contributed by atoms with E-state index in [2.05, 4.69) is 6.07 Å². The summed E-state index contributed by atoms with van der Waals surface area (Å²) in [5.41, 5.74) is 3.19. The van der Waals surface area contributed by atoms with Gasteiger partial charge in [0.25, 0.3) is 0 Å². The fraction of sp³-hybridized carbons (Fsp3) is 0.278. The molecular formula is C18H18O2. The maximum atomic E-state index is 12.7. The smallest absolute Gasteiger partial charge is 0.166 e. The van der Waals surface area contributed by atoms with Gasteiger partial charge in [0.05, 0.1) is 0 Å². The van der Waals surface area contributed by atoms with Crippen LogP contribution in [0.25, 0.3) is 0 Å². The third-order valence-electron chi connectivity index (χ3n) is 4.07. The van der Waals surface area contributed by atoms with Crippen molar-refractivity contribution >= 4 is 5.78 Å². The van der Waals surface area contributed by atoms with Gasteiger partial charge >= 0.3 is 0 Å². The Bertz CT molecular complexity index is 614. The van der Waals surface area contributed by atoms with E-state index in [-0.39, 0.29) is 17.5 Å². The molecule has 1 N–H and O–H groups in total. The lowest BCUT2D eigenvalue weighted by molar-refractivity contribution is 0.0915. The van der Waals surface area contributed by atoms with Gasteiger partial charge in [0, 0.05) is 11.5 Å². The van der Waals surface area contributed by atoms with Crippen LogP contribution < -0.4 is 0 Å². The van der Waals surface area contributed by atoms with Gasteiger partial charge in [-0.25, -0.2) is 0 Å². The zero-order valence-corrected chi connectivity index (χ0v) is 11.4. The van der Waals surface area contributed by atoms with Gasteiger partial charge in [0.1, 0.15) is 5.75 Å². The number of hydrogen-bond donors (Lipinski definition) is 1. The highest BCUT2D eigenvalue weighted by Gasteiger charge is 2.25. The molecule has 2 nitrogen and oxygen atoms in total. The molecule has 0 saturated carbocycles. The maximum absolute atomic E-state index is 12.7. The number of rotatable bonds is 2. The van der Waals surface area contributed by atoms with Crippen LogP contribution in [0.4, 0.5) is 0 Å². The molecule has 0 saturated heterocycles. The van der Waals surface area contributed by atoms with Crippen LogP contribution >= 0.6 is 0 Å². The van der Waals surface area contributed by atoms with Crippen molar-refractivity contribution in [1.82, 2.24) is 0 Å². The van der Waals surface area contributed by atoms with Gasteiger partial charge < -0.3 is 5.11 Å². The number of ketones is 1. The monoisotopic (exact) mass is 266 g/mol. The maximum Gasteiger partial charge on any atom is 0.166 e. The van der Waals surface area contributed by atoms with Gasteiger partial charge in [0.2, 0.25) is 0 Å². The first-order valence-electron chi connectivity index (χ1n) is 7.14. The minimum Gasteiger partial charge on any atom is -0.508 e. The van der Waals surface area contributed by atoms with E-state index in [4.69, 9.17) is 0 Å². The van der Waals surface area contributed by atoms with Gasteiger partial charge in [-0.1, -0.05) is 36.4 Å². The molecule has 2 aromatic carbocycles. The van der Waals surface area contributed by atoms with Crippen LogP contribution in [-0.4, -0.2) is 10.9 Å². The Morgan fingerprint density at radius 3 is 2.60 bits per heavy atom. The highest BCUT2D eigenvalue weighted by Crippen LogP contribution is 2.27. The Kier molecular flexibility index (Phi) is 3.55. The fourth-order valence-corrected chi connectivity index (χ4v) is 2.98. The molecule has 2 heteroatoms. The van der Waals surface area contributed by atoms with Crippen LogP contribution in [0.2, 0.25) is 0 Å². The second-order valence-corrected chi connectivity index (χ2v) is 5.48. The lowest BCUT2D eigenvalue weighted by atomic mass is 9.89. The summed E-state index contributed by atoms with van der Waals surface area (Å²) in [6, 6.07) is 15.1. The van der Waals surface area contributed by atoms with Gasteiger partial charge in [0.15, 0.2) is 5.78 Å². The van der Waals surface area contributed by atoms with Crippen molar-refractivity contribution in [2.75, 3.05) is 0 Å². The molecule has 0 fully saturated rings. The number of benzene rings is 2. The van der Waals surface area contributed by atoms with Crippen LogP contribution in [0.1, 0.15) is 34.3 Å². The highest BCUT2D eigenvalue weighted by molar-refractivity contribution is 5.99. The molecule has 0 bridgehead atoms. The molecule has 0 radical (unpaired) electrons. The first-order valence-corrected chi connectivity index (χ1v) is 7.14. The van der Waals surface area contributed by atoms with Gasteiger partial charge in [-0.2, -0.15) is 0 Å². The van der Waals surface area contributed by atoms with Crippen molar-refractivity contribution in [2.24, 2.45) is 5.92 Å². The molecule has 1 unspecified atom stereocenters. The summed E-state index contributed by atoms with van der Waals surface area (Å²) in [7, 11) is 0. The number of fused-ring (bicyclic) bond motifs is 1. The molecule has 1 atom stereocenters. The van der Waals surface area contributed by atoms with E-state index in [1.807, 2.05) is 30.3 Å². The number of Topliss-reactive ketones (excluding diaryl/α,β-unsaturated/α-hetero) is 1. The number of aryl methyl sites for hydroxylation is 1. The predicted octanol–water partition coefficient (Wildman–Crippen LogP) is 3.77. The molecule has 3 rings (SSSR count). The molecule has 102 valence electrons. The molecule has 1 aliphatic carbocycles. The summed E-state index contributed by atoms with van der Waals surface area (Å²) in [5.74, 6) is 0.598. The lowest BCUT2D eigenvalue weighted by Crippen LogP contribution is -2.16. The molecule has 2 aromatic rings. The standard InChI is InChI=1S/C18H18O2/c19-16-10-8-13(9-11-16)12-15-6-3-5-14-4-1-2-7-17(14)18(15)20/h1-2,4,7-11,15,19H,3,5-6,12H2. The van der Waals surface area contributed by atoms with Crippen molar-refractivity contribution in [3.05, 3.63) is 65.2 Å². The van der Waals surface area contributed by atoms with Crippen molar-refractivity contribution in [1.29, 1.82) is 0 Å². The summed E-state index contributed by atoms with van der Waals surface area (Å²) in [6.45, 7) is 0. The Morgan fingerprint density at radius 2 is 1.80 bits per heavy atom. The number of hydrogen-bond acceptors (Lipinski definition) is 2. The van der Waals surface area contributed by atoms with Crippen LogP contribution in [0.15, 0.2) is 48.5 Å². The van der Waals surface area contributed by atoms with Crippen LogP contribution in [0, 0.1) is 5.92 Å². The number of phenolic OH excluding ortho intramolecular Hbond substituents is 1. The Balaban J connectivity index is 1.84. The summed E-state index contributed by atoms with van der Waals surface area (Å²) >= 11 is 0. The van der Waals surface area contributed by atoms with Gasteiger partial charge in [-0.05, 0) is 48.9 Å². The number of phenols is 1. The van der Waals surface area contributed by atoms with Crippen LogP contribution in [0.5, 0.6) is 5.75 Å². The summed E-state index contributed by atoms with van der Waals surface area (Å²) in [6.07, 6.45) is 3.75. The number of aromatic hydroxyl groups is 1. The normalized spacial score (nSPS) is 18.4. The minimum absolute atomic E-state index is 0.0585. The second-order valence-electron chi connectivity index (χ2n) is 5.48. The first-order chi connectivity index (χ1) is 9.74. The first kappa shape index (κ1) is 12.9. The average Bonchev–Trinajstić information content (AvgIpc) is 2.62. The van der Waals surface area contributed by atoms with Crippen LogP contribution in [0.3, 0.4) is 0 Å². The Labute approximate surface area is 119 Å². The molecule has 1 aliphatic rings. The van der Waals surface area contributed by atoms with Gasteiger partial charge in [-0.3, -0.25) is 4.79 Å². The van der Waals surface area contributed by atoms with E-state index in [0.29, 0.717) is 0 Å². The summed E-state index contributed by atoms with van der Waals surface area (Å²) < 4.78 is 0. The fourth-order valence-electron chi connectivity index (χ4n) is 2.98. The van der Waals surface area contributed by atoms with E-state index < -0.39 is 0 Å². The van der Waals surface area contributed by atoms with E-state index in [1.165, 1.54) is 5.56 Å². The van der Waals surface area contributed by atoms with E-state index in [0.717, 1.165) is 36.8 Å². The highest BCUT2D eigenvalue weighted by atomic mass is 16.3. The molecule has 20 heavy (non-hydrogen) atoms. The van der Waals surface area contributed by atoms with Crippen molar-refractivity contribution in [3.8, 4) is 5.75 Å². The third-order valence-corrected chi connectivity index (χ3v) is 4.07. The molecule has 0 amide bonds.